The second-order valence-electron chi connectivity index (χ2n) is 8.77. The van der Waals surface area contributed by atoms with E-state index < -0.39 is 73.2 Å². The van der Waals surface area contributed by atoms with Crippen LogP contribution >= 0.6 is 11.3 Å². The number of nitriles is 1. The summed E-state index contributed by atoms with van der Waals surface area (Å²) < 4.78 is 134. The molecule has 4 rings (SSSR count). The summed E-state index contributed by atoms with van der Waals surface area (Å²) in [5.41, 5.74) is -6.61. The highest BCUT2D eigenvalue weighted by Crippen LogP contribution is 2.39. The number of hydrogen-bond acceptors (Lipinski definition) is 5. The third-order valence-corrected chi connectivity index (χ3v) is 7.95. The zero-order valence-electron chi connectivity index (χ0n) is 20.4. The topological polar surface area (TPSA) is 79.9 Å². The Balaban J connectivity index is 1.97. The van der Waals surface area contributed by atoms with Crippen LogP contribution in [-0.4, -0.2) is 19.2 Å². The highest BCUT2D eigenvalue weighted by Gasteiger charge is 2.37. The molecule has 0 bridgehead atoms. The van der Waals surface area contributed by atoms with E-state index in [1.807, 2.05) is 0 Å². The number of thiophene rings is 1. The summed E-state index contributed by atoms with van der Waals surface area (Å²) in [7, 11) is -4.11. The van der Waals surface area contributed by atoms with Crippen molar-refractivity contribution < 1.29 is 43.5 Å². The molecule has 0 N–H and O–H groups in total. The van der Waals surface area contributed by atoms with Gasteiger partial charge in [-0.1, -0.05) is 6.07 Å². The van der Waals surface area contributed by atoms with E-state index in [-0.39, 0.29) is 21.6 Å². The largest absolute Gasteiger partial charge is 0.417 e. The van der Waals surface area contributed by atoms with Gasteiger partial charge in [0.25, 0.3) is 5.56 Å². The van der Waals surface area contributed by atoms with Crippen LogP contribution in [0.2, 0.25) is 0 Å². The van der Waals surface area contributed by atoms with E-state index in [0.29, 0.717) is 46.4 Å². The second-order valence-corrected chi connectivity index (χ2v) is 11.7. The van der Waals surface area contributed by atoms with Crippen LogP contribution < -0.4 is 5.56 Å². The van der Waals surface area contributed by atoms with E-state index in [1.165, 1.54) is 11.4 Å². The van der Waals surface area contributed by atoms with Crippen LogP contribution in [0.15, 0.2) is 63.6 Å². The lowest BCUT2D eigenvalue weighted by Gasteiger charge is -2.17. The normalized spacial score (nSPS) is 12.4. The monoisotopic (exact) mass is 618 g/mol. The first-order valence-electron chi connectivity index (χ1n) is 11.1. The smallest absolute Gasteiger partial charge is 0.302 e. The molecule has 0 unspecified atom stereocenters. The summed E-state index contributed by atoms with van der Waals surface area (Å²) >= 11 is 0.703. The molecule has 0 aliphatic heterocycles. The van der Waals surface area contributed by atoms with Crippen LogP contribution in [-0.2, 0) is 28.7 Å². The molecular weight excluding hydrogens is 604 g/mol. The zero-order valence-corrected chi connectivity index (χ0v) is 22.0. The van der Waals surface area contributed by atoms with Crippen molar-refractivity contribution in [2.45, 2.75) is 23.8 Å². The first-order chi connectivity index (χ1) is 18.9. The van der Waals surface area contributed by atoms with Crippen molar-refractivity contribution in [1.29, 1.82) is 5.26 Å². The molecule has 0 aliphatic rings. The number of nitrogens with zero attached hydrogens (tertiary/aromatic N) is 2. The lowest BCUT2D eigenvalue weighted by Crippen LogP contribution is -2.28. The minimum Gasteiger partial charge on any atom is -0.302 e. The van der Waals surface area contributed by atoms with Gasteiger partial charge in [0, 0.05) is 17.9 Å². The Morgan fingerprint density at radius 3 is 2.17 bits per heavy atom. The minimum absolute atomic E-state index is 0.0223. The van der Waals surface area contributed by atoms with Crippen LogP contribution in [0, 0.1) is 23.0 Å². The average Bonchev–Trinajstić information content (AvgIpc) is 3.34. The van der Waals surface area contributed by atoms with Crippen molar-refractivity contribution in [3.8, 4) is 27.8 Å². The fourth-order valence-corrected chi connectivity index (χ4v) is 5.55. The van der Waals surface area contributed by atoms with E-state index in [1.54, 1.807) is 0 Å². The van der Waals surface area contributed by atoms with Gasteiger partial charge in [-0.05, 0) is 52.9 Å². The third-order valence-electron chi connectivity index (χ3n) is 5.91. The van der Waals surface area contributed by atoms with Crippen LogP contribution in [0.1, 0.15) is 22.3 Å². The summed E-state index contributed by atoms with van der Waals surface area (Å²) in [5, 5.41) is 10.5. The molecule has 15 heteroatoms. The molecular formula is C26H14F8N2O3S2. The summed E-state index contributed by atoms with van der Waals surface area (Å²) in [6.07, 6.45) is -9.39. The Morgan fingerprint density at radius 2 is 1.61 bits per heavy atom. The summed E-state index contributed by atoms with van der Waals surface area (Å²) in [6.45, 7) is -0.720. The van der Waals surface area contributed by atoms with Gasteiger partial charge < -0.3 is 4.57 Å². The number of rotatable bonds is 5. The second kappa shape index (κ2) is 10.4. The van der Waals surface area contributed by atoms with Crippen LogP contribution in [0.5, 0.6) is 0 Å². The van der Waals surface area contributed by atoms with Gasteiger partial charge in [-0.25, -0.2) is 17.2 Å². The molecule has 0 fully saturated rings. The molecule has 2 heterocycles. The predicted octanol–water partition coefficient (Wildman–Crippen LogP) is 6.88. The minimum atomic E-state index is -5.16. The van der Waals surface area contributed by atoms with Crippen molar-refractivity contribution in [2.24, 2.45) is 0 Å². The van der Waals surface area contributed by atoms with Gasteiger partial charge in [0.05, 0.1) is 33.1 Å². The molecule has 4 aromatic rings. The van der Waals surface area contributed by atoms with Crippen molar-refractivity contribution in [1.82, 2.24) is 4.57 Å². The number of sulfone groups is 1. The molecule has 2 aromatic carbocycles. The molecule has 0 atom stereocenters. The van der Waals surface area contributed by atoms with Gasteiger partial charge in [0.1, 0.15) is 23.3 Å². The number of alkyl halides is 6. The Hall–Kier alpha value is -4.03. The van der Waals surface area contributed by atoms with Crippen molar-refractivity contribution >= 4 is 21.2 Å². The standard InChI is InChI=1S/C26H14F8N2O3S2/c1-41(38,39)18-5-14(4-16(7-18)25(29,30)31)15-6-23(40-12-15)22-9-20(26(32,33)34)19(10-35)24(37)36(22)11-13-2-3-17(27)8-21(13)28/h2-9,12H,11H2,1H3. The third kappa shape index (κ3) is 6.18. The fourth-order valence-electron chi connectivity index (χ4n) is 3.92. The lowest BCUT2D eigenvalue weighted by atomic mass is 10.0. The Morgan fingerprint density at radius 1 is 0.927 bits per heavy atom. The highest BCUT2D eigenvalue weighted by atomic mass is 32.2. The van der Waals surface area contributed by atoms with Gasteiger partial charge >= 0.3 is 12.4 Å². The van der Waals surface area contributed by atoms with E-state index in [4.69, 9.17) is 0 Å². The first kappa shape index (κ1) is 29.9. The molecule has 0 amide bonds. The van der Waals surface area contributed by atoms with Crippen LogP contribution in [0.3, 0.4) is 0 Å². The van der Waals surface area contributed by atoms with Gasteiger partial charge in [0.15, 0.2) is 9.84 Å². The molecule has 0 saturated carbocycles. The molecule has 214 valence electrons. The average molecular weight is 619 g/mol. The van der Waals surface area contributed by atoms with E-state index in [9.17, 15) is 53.6 Å². The van der Waals surface area contributed by atoms with Gasteiger partial charge in [-0.3, -0.25) is 4.79 Å². The van der Waals surface area contributed by atoms with E-state index in [2.05, 4.69) is 0 Å². The number of pyridine rings is 1. The Labute approximate surface area is 230 Å². The van der Waals surface area contributed by atoms with Gasteiger partial charge in [-0.15, -0.1) is 11.3 Å². The fraction of sp³-hybridized carbons (Fsp3) is 0.154. The number of aromatic nitrogens is 1. The van der Waals surface area contributed by atoms with Crippen molar-refractivity contribution in [2.75, 3.05) is 6.26 Å². The SMILES string of the molecule is CS(=O)(=O)c1cc(-c2csc(-c3cc(C(F)(F)F)c(C#N)c(=O)n3Cc3ccc(F)cc3F)c2)cc(C(F)(F)F)c1. The maximum Gasteiger partial charge on any atom is 0.417 e. The van der Waals surface area contributed by atoms with Gasteiger partial charge in [0.2, 0.25) is 0 Å². The summed E-state index contributed by atoms with van der Waals surface area (Å²) in [5.74, 6) is -2.08. The van der Waals surface area contributed by atoms with Crippen molar-refractivity contribution in [3.63, 3.8) is 0 Å². The van der Waals surface area contributed by atoms with Crippen LogP contribution in [0.4, 0.5) is 35.1 Å². The molecule has 0 saturated heterocycles. The number of halogens is 8. The summed E-state index contributed by atoms with van der Waals surface area (Å²) in [6, 6.07) is 7.17. The van der Waals surface area contributed by atoms with Crippen molar-refractivity contribution in [3.05, 3.63) is 98.2 Å². The van der Waals surface area contributed by atoms with E-state index in [0.717, 1.165) is 24.3 Å². The molecule has 0 aliphatic carbocycles. The quantitative estimate of drug-likeness (QED) is 0.229. The predicted molar refractivity (Wildman–Crippen MR) is 133 cm³/mol. The van der Waals surface area contributed by atoms with Crippen LogP contribution in [0.25, 0.3) is 21.7 Å². The summed E-state index contributed by atoms with van der Waals surface area (Å²) in [4.78, 5) is 12.3. The Kier molecular flexibility index (Phi) is 7.61. The highest BCUT2D eigenvalue weighted by molar-refractivity contribution is 7.90. The maximum atomic E-state index is 14.4. The van der Waals surface area contributed by atoms with E-state index >= 15 is 0 Å². The molecule has 41 heavy (non-hydrogen) atoms. The zero-order chi connectivity index (χ0) is 30.5. The molecule has 0 radical (unpaired) electrons. The molecule has 2 aromatic heterocycles. The Bertz CT molecular complexity index is 1880. The lowest BCUT2D eigenvalue weighted by molar-refractivity contribution is -0.138. The molecule has 5 nitrogen and oxygen atoms in total. The number of hydrogen-bond donors (Lipinski definition) is 0. The van der Waals surface area contributed by atoms with Gasteiger partial charge in [-0.2, -0.15) is 31.6 Å². The number of benzene rings is 2. The molecule has 0 spiro atoms. The first-order valence-corrected chi connectivity index (χ1v) is 13.9. The maximum absolute atomic E-state index is 14.4.